The molecular formula is C10H12ClN3O. The molecule has 4 nitrogen and oxygen atoms in total. The number of fused-ring (bicyclic) bond motifs is 1. The molecule has 0 aliphatic rings. The Morgan fingerprint density at radius 3 is 2.67 bits per heavy atom. The van der Waals surface area contributed by atoms with E-state index in [-0.39, 0.29) is 11.7 Å². The molecule has 2 aromatic heterocycles. The SMILES string of the molecule is CC(C)n1c(=O)n(C)c2cnc(Cl)cc21. The van der Waals surface area contributed by atoms with E-state index in [4.69, 9.17) is 11.6 Å². The Kier molecular flexibility index (Phi) is 2.31. The van der Waals surface area contributed by atoms with Gasteiger partial charge in [0.15, 0.2) is 0 Å². The summed E-state index contributed by atoms with van der Waals surface area (Å²) in [6, 6.07) is 1.83. The molecule has 2 heterocycles. The zero-order chi connectivity index (χ0) is 11.2. The van der Waals surface area contributed by atoms with Crippen LogP contribution in [0.5, 0.6) is 0 Å². The van der Waals surface area contributed by atoms with Gasteiger partial charge < -0.3 is 0 Å². The highest BCUT2D eigenvalue weighted by molar-refractivity contribution is 6.29. The van der Waals surface area contributed by atoms with Crippen LogP contribution < -0.4 is 5.69 Å². The molecule has 5 heteroatoms. The van der Waals surface area contributed by atoms with Crippen molar-refractivity contribution in [3.8, 4) is 0 Å². The van der Waals surface area contributed by atoms with Crippen LogP contribution in [0.3, 0.4) is 0 Å². The molecule has 15 heavy (non-hydrogen) atoms. The van der Waals surface area contributed by atoms with Crippen molar-refractivity contribution in [1.82, 2.24) is 14.1 Å². The number of pyridine rings is 1. The van der Waals surface area contributed by atoms with Gasteiger partial charge >= 0.3 is 5.69 Å². The van der Waals surface area contributed by atoms with Crippen molar-refractivity contribution in [3.63, 3.8) is 0 Å². The maximum Gasteiger partial charge on any atom is 0.329 e. The van der Waals surface area contributed by atoms with E-state index in [9.17, 15) is 4.79 Å². The van der Waals surface area contributed by atoms with E-state index in [1.54, 1.807) is 28.4 Å². The van der Waals surface area contributed by atoms with Gasteiger partial charge in [0.2, 0.25) is 0 Å². The summed E-state index contributed by atoms with van der Waals surface area (Å²) in [6.45, 7) is 3.93. The summed E-state index contributed by atoms with van der Waals surface area (Å²) in [7, 11) is 1.74. The van der Waals surface area contributed by atoms with Crippen molar-refractivity contribution in [1.29, 1.82) is 0 Å². The molecule has 0 aliphatic carbocycles. The number of imidazole rings is 1. The Hall–Kier alpha value is -1.29. The van der Waals surface area contributed by atoms with Crippen LogP contribution in [0.15, 0.2) is 17.1 Å². The minimum Gasteiger partial charge on any atom is -0.293 e. The molecule has 0 fully saturated rings. The first-order valence-corrected chi connectivity index (χ1v) is 5.12. The lowest BCUT2D eigenvalue weighted by molar-refractivity contribution is 0.583. The summed E-state index contributed by atoms with van der Waals surface area (Å²) >= 11 is 5.82. The lowest BCUT2D eigenvalue weighted by Gasteiger charge is -2.06. The monoisotopic (exact) mass is 225 g/mol. The average Bonchev–Trinajstić information content (AvgIpc) is 2.39. The van der Waals surface area contributed by atoms with Crippen LogP contribution in [-0.2, 0) is 7.05 Å². The molecule has 0 saturated heterocycles. The number of hydrogen-bond donors (Lipinski definition) is 0. The lowest BCUT2D eigenvalue weighted by Crippen LogP contribution is -2.23. The fourth-order valence-electron chi connectivity index (χ4n) is 1.73. The molecule has 80 valence electrons. The van der Waals surface area contributed by atoms with Crippen molar-refractivity contribution >= 4 is 22.6 Å². The topological polar surface area (TPSA) is 39.8 Å². The molecule has 0 aliphatic heterocycles. The van der Waals surface area contributed by atoms with E-state index in [0.29, 0.717) is 5.15 Å². The highest BCUT2D eigenvalue weighted by Crippen LogP contribution is 2.18. The fraction of sp³-hybridized carbons (Fsp3) is 0.400. The Balaban J connectivity index is 2.95. The molecule has 2 rings (SSSR count). The number of aryl methyl sites for hydroxylation is 1. The Labute approximate surface area is 92.1 Å². The van der Waals surface area contributed by atoms with Crippen molar-refractivity contribution in [2.45, 2.75) is 19.9 Å². The quantitative estimate of drug-likeness (QED) is 0.697. The van der Waals surface area contributed by atoms with Gasteiger partial charge in [-0.3, -0.25) is 9.13 Å². The lowest BCUT2D eigenvalue weighted by atomic mass is 10.3. The molecule has 0 amide bonds. The fourth-order valence-corrected chi connectivity index (χ4v) is 1.88. The van der Waals surface area contributed by atoms with Gasteiger partial charge in [-0.15, -0.1) is 0 Å². The third-order valence-corrected chi connectivity index (χ3v) is 2.67. The summed E-state index contributed by atoms with van der Waals surface area (Å²) in [5.41, 5.74) is 1.60. The molecular weight excluding hydrogens is 214 g/mol. The predicted molar refractivity (Wildman–Crippen MR) is 60.4 cm³/mol. The Morgan fingerprint density at radius 1 is 1.40 bits per heavy atom. The van der Waals surface area contributed by atoms with Crippen molar-refractivity contribution in [2.24, 2.45) is 7.05 Å². The third kappa shape index (κ3) is 1.45. The van der Waals surface area contributed by atoms with Crippen molar-refractivity contribution in [3.05, 3.63) is 27.9 Å². The van der Waals surface area contributed by atoms with Crippen LogP contribution in [0.4, 0.5) is 0 Å². The maximum absolute atomic E-state index is 11.9. The minimum atomic E-state index is -0.0379. The molecule has 0 aromatic carbocycles. The van der Waals surface area contributed by atoms with Crippen LogP contribution in [0.2, 0.25) is 5.15 Å². The van der Waals surface area contributed by atoms with Gasteiger partial charge in [-0.05, 0) is 13.8 Å². The van der Waals surface area contributed by atoms with E-state index >= 15 is 0 Å². The largest absolute Gasteiger partial charge is 0.329 e. The number of nitrogens with zero attached hydrogens (tertiary/aromatic N) is 3. The van der Waals surface area contributed by atoms with Crippen LogP contribution >= 0.6 is 11.6 Å². The standard InChI is InChI=1S/C10H12ClN3O/c1-6(2)14-7-4-9(11)12-5-8(7)13(3)10(14)15/h4-6H,1-3H3. The highest BCUT2D eigenvalue weighted by atomic mass is 35.5. The summed E-state index contributed by atoms with van der Waals surface area (Å²) in [4.78, 5) is 15.9. The van der Waals surface area contributed by atoms with Crippen molar-refractivity contribution < 1.29 is 0 Å². The molecule has 0 radical (unpaired) electrons. The molecule has 2 aromatic rings. The van der Waals surface area contributed by atoms with Gasteiger partial charge in [-0.2, -0.15) is 0 Å². The van der Waals surface area contributed by atoms with E-state index < -0.39 is 0 Å². The Bertz CT molecular complexity index is 568. The van der Waals surface area contributed by atoms with E-state index in [1.165, 1.54) is 0 Å². The van der Waals surface area contributed by atoms with Gasteiger partial charge in [-0.25, -0.2) is 9.78 Å². The molecule has 0 atom stereocenters. The van der Waals surface area contributed by atoms with Crippen LogP contribution in [0.25, 0.3) is 11.0 Å². The zero-order valence-corrected chi connectivity index (χ0v) is 9.62. The summed E-state index contributed by atoms with van der Waals surface area (Å²) in [5.74, 6) is 0. The number of halogens is 1. The van der Waals surface area contributed by atoms with E-state index in [1.807, 2.05) is 13.8 Å². The molecule has 0 bridgehead atoms. The third-order valence-electron chi connectivity index (χ3n) is 2.46. The van der Waals surface area contributed by atoms with Gasteiger partial charge in [0, 0.05) is 19.2 Å². The molecule has 0 spiro atoms. The molecule has 0 unspecified atom stereocenters. The number of aromatic nitrogens is 3. The van der Waals surface area contributed by atoms with E-state index in [2.05, 4.69) is 4.98 Å². The van der Waals surface area contributed by atoms with Crippen LogP contribution in [0, 0.1) is 0 Å². The van der Waals surface area contributed by atoms with Gasteiger partial charge in [0.1, 0.15) is 5.15 Å². The first-order chi connectivity index (χ1) is 7.02. The Morgan fingerprint density at radius 2 is 2.07 bits per heavy atom. The summed E-state index contributed by atoms with van der Waals surface area (Å²) in [5, 5.41) is 0.405. The zero-order valence-electron chi connectivity index (χ0n) is 8.86. The number of hydrogen-bond acceptors (Lipinski definition) is 2. The van der Waals surface area contributed by atoms with Crippen LogP contribution in [-0.4, -0.2) is 14.1 Å². The first kappa shape index (κ1) is 10.2. The second kappa shape index (κ2) is 3.38. The second-order valence-electron chi connectivity index (χ2n) is 3.80. The van der Waals surface area contributed by atoms with Gasteiger partial charge in [0.25, 0.3) is 0 Å². The number of rotatable bonds is 1. The average molecular weight is 226 g/mol. The van der Waals surface area contributed by atoms with Crippen LogP contribution in [0.1, 0.15) is 19.9 Å². The smallest absolute Gasteiger partial charge is 0.293 e. The van der Waals surface area contributed by atoms with Gasteiger partial charge in [0.05, 0.1) is 17.2 Å². The first-order valence-electron chi connectivity index (χ1n) is 4.75. The summed E-state index contributed by atoms with van der Waals surface area (Å²) < 4.78 is 3.29. The minimum absolute atomic E-state index is 0.0379. The van der Waals surface area contributed by atoms with Gasteiger partial charge in [-0.1, -0.05) is 11.6 Å². The normalized spacial score (nSPS) is 11.5. The van der Waals surface area contributed by atoms with E-state index in [0.717, 1.165) is 11.0 Å². The highest BCUT2D eigenvalue weighted by Gasteiger charge is 2.13. The van der Waals surface area contributed by atoms with Crippen molar-refractivity contribution in [2.75, 3.05) is 0 Å². The second-order valence-corrected chi connectivity index (χ2v) is 4.19. The molecule has 0 N–H and O–H groups in total. The predicted octanol–water partition coefficient (Wildman–Crippen LogP) is 1.97. The molecule has 0 saturated carbocycles. The summed E-state index contributed by atoms with van der Waals surface area (Å²) in [6.07, 6.45) is 1.62. The maximum atomic E-state index is 11.9.